The molecule has 0 aromatic carbocycles. The number of phosphoric acid groups is 2. The van der Waals surface area contributed by atoms with Gasteiger partial charge in [-0.3, -0.25) is 18.6 Å². The highest BCUT2D eigenvalue weighted by Gasteiger charge is 2.53. The van der Waals surface area contributed by atoms with Gasteiger partial charge in [0.25, 0.3) is 0 Å². The molecule has 7 N–H and O–H groups in total. The number of carbonyl (C=O) groups excluding carboxylic acids is 2. The van der Waals surface area contributed by atoms with E-state index in [9.17, 15) is 48.5 Å². The molecule has 0 saturated carbocycles. The second-order valence-electron chi connectivity index (χ2n) is 24.5. The van der Waals surface area contributed by atoms with E-state index in [1.807, 2.05) is 6.08 Å². The van der Waals surface area contributed by atoms with E-state index in [0.29, 0.717) is 25.7 Å². The molecule has 87 heavy (non-hydrogen) atoms. The van der Waals surface area contributed by atoms with Gasteiger partial charge in [-0.05, 0) is 44.6 Å². The van der Waals surface area contributed by atoms with Crippen molar-refractivity contribution in [1.29, 1.82) is 0 Å². The molecule has 22 heteroatoms. The summed E-state index contributed by atoms with van der Waals surface area (Å²) in [5.74, 6) is -1.08. The maximum atomic E-state index is 13.7. The second kappa shape index (κ2) is 52.0. The maximum absolute atomic E-state index is 13.7. The molecule has 514 valence electrons. The number of aliphatic hydroxyl groups is 2. The summed E-state index contributed by atoms with van der Waals surface area (Å²) in [7, 11) is -9.01. The summed E-state index contributed by atoms with van der Waals surface area (Å²) in [4.78, 5) is 67.6. The van der Waals surface area contributed by atoms with Crippen LogP contribution in [0.2, 0.25) is 0 Å². The first-order valence-corrected chi connectivity index (χ1v) is 37.6. The Morgan fingerprint density at radius 1 is 0.517 bits per heavy atom. The fourth-order valence-corrected chi connectivity index (χ4v) is 12.6. The number of ether oxygens (including phenoxy) is 7. The highest BCUT2D eigenvalue weighted by molar-refractivity contribution is 7.46. The third kappa shape index (κ3) is 40.3. The van der Waals surface area contributed by atoms with Crippen LogP contribution in [0.15, 0.2) is 12.3 Å². The van der Waals surface area contributed by atoms with Crippen molar-refractivity contribution in [2.24, 2.45) is 0 Å². The summed E-state index contributed by atoms with van der Waals surface area (Å²) in [5.41, 5.74) is 0. The molecule has 0 aromatic heterocycles. The molecular formula is C65H125NO19P2. The average Bonchev–Trinajstić information content (AvgIpc) is 1.31. The van der Waals surface area contributed by atoms with Crippen LogP contribution in [-0.2, 0) is 60.9 Å². The summed E-state index contributed by atoms with van der Waals surface area (Å²) in [6, 6.07) is -1.51. The number of phosphoric ester groups is 2. The van der Waals surface area contributed by atoms with Crippen LogP contribution in [0.3, 0.4) is 0 Å². The van der Waals surface area contributed by atoms with Gasteiger partial charge in [0.1, 0.15) is 48.4 Å². The van der Waals surface area contributed by atoms with Crippen LogP contribution in [0.1, 0.15) is 291 Å². The van der Waals surface area contributed by atoms with Gasteiger partial charge in [0.2, 0.25) is 5.91 Å². The number of ketones is 1. The van der Waals surface area contributed by atoms with Gasteiger partial charge in [-0.25, -0.2) is 9.13 Å². The van der Waals surface area contributed by atoms with E-state index < -0.39 is 103 Å². The minimum absolute atomic E-state index is 0.0221. The molecule has 0 aromatic rings. The summed E-state index contributed by atoms with van der Waals surface area (Å²) in [6.45, 7) is 7.45. The number of Topliss-reactive ketones (excluding diaryl/α,β-unsaturated/α-hetero) is 1. The molecular weight excluding hydrogens is 1160 g/mol. The summed E-state index contributed by atoms with van der Waals surface area (Å²) in [6.07, 6.45) is 30.7. The van der Waals surface area contributed by atoms with E-state index in [2.05, 4.69) is 33.0 Å². The summed E-state index contributed by atoms with van der Waals surface area (Å²) >= 11 is 0. The van der Waals surface area contributed by atoms with Crippen molar-refractivity contribution < 1.29 is 90.7 Å². The molecule has 20 nitrogen and oxygen atoms in total. The number of hydrogen-bond donors (Lipinski definition) is 7. The quantitative estimate of drug-likeness (QED) is 0.0129. The van der Waals surface area contributed by atoms with Crippen molar-refractivity contribution in [2.75, 3.05) is 33.5 Å². The van der Waals surface area contributed by atoms with Crippen LogP contribution in [-0.4, -0.2) is 142 Å². The fourth-order valence-electron chi connectivity index (χ4n) is 11.6. The largest absolute Gasteiger partial charge is 0.490 e. The number of unbranched alkanes of at least 4 members (excludes halogenated alkanes) is 33. The maximum Gasteiger partial charge on any atom is 0.472 e. The van der Waals surface area contributed by atoms with Gasteiger partial charge in [0, 0.05) is 26.7 Å². The van der Waals surface area contributed by atoms with Gasteiger partial charge in [-0.1, -0.05) is 240 Å². The first-order valence-electron chi connectivity index (χ1n) is 34.6. The Balaban J connectivity index is 2.40. The standard InChI is InChI=1S/C65H125NO19P2/c1-6-10-14-18-21-24-25-26-27-28-29-30-32-35-39-43-48-79-63-62(80-49-46-54(77-5)45-41-36-17-13-9-4)60(84-86(71,72)73)55(51-67)82-65(63)81-52-56-59(70)61(78-47-42-38-34-23-20-16-12-8-3)58(64(83-56)85-87(74,75)76)66-57(69)50-53(68)44-40-37-33-31-22-19-15-11-7-2/h43,48,54-56,58-65,67,70H,6-42,44-47,49-52H2,1-5H3,(H,66,69)(H2,71,72,73)(H2,74,75,76)/b48-43-/t54-,55-,56-,58-,59-,60-,61-,62+,63-,64-,65-/m1/s1. The Morgan fingerprint density at radius 2 is 0.977 bits per heavy atom. The van der Waals surface area contributed by atoms with E-state index in [0.717, 1.165) is 128 Å². The fraction of sp³-hybridized carbons (Fsp3) is 0.938. The van der Waals surface area contributed by atoms with Crippen molar-refractivity contribution in [1.82, 2.24) is 5.32 Å². The third-order valence-electron chi connectivity index (χ3n) is 16.7. The number of amides is 1. The third-order valence-corrected chi connectivity index (χ3v) is 17.7. The van der Waals surface area contributed by atoms with Crippen molar-refractivity contribution in [3.63, 3.8) is 0 Å². The van der Waals surface area contributed by atoms with Crippen molar-refractivity contribution in [3.05, 3.63) is 12.3 Å². The predicted octanol–water partition coefficient (Wildman–Crippen LogP) is 14.2. The topological polar surface area (TPSA) is 285 Å². The minimum Gasteiger partial charge on any atom is -0.490 e. The van der Waals surface area contributed by atoms with Crippen LogP contribution in [0, 0.1) is 0 Å². The molecule has 2 saturated heterocycles. The molecule has 0 unspecified atom stereocenters. The first kappa shape index (κ1) is 81.7. The van der Waals surface area contributed by atoms with Gasteiger partial charge in [-0.15, -0.1) is 0 Å². The normalized spacial score (nSPS) is 23.2. The summed E-state index contributed by atoms with van der Waals surface area (Å²) < 4.78 is 79.4. The Kier molecular flexibility index (Phi) is 48.8. The lowest BCUT2D eigenvalue weighted by Gasteiger charge is -2.46. The predicted molar refractivity (Wildman–Crippen MR) is 340 cm³/mol. The van der Waals surface area contributed by atoms with Gasteiger partial charge in [0.05, 0.1) is 32.0 Å². The highest BCUT2D eigenvalue weighted by atomic mass is 31.2. The van der Waals surface area contributed by atoms with E-state index in [4.69, 9.17) is 42.2 Å². The SMILES string of the molecule is CCCCCCCCCCCCCCCC/C=C\O[C@H]1[C@H](OC[C@H]2O[C@H](OP(=O)(O)O)[C@H](NC(=O)CC(=O)CCCCCCCCCCC)[C@@H](OCCCCCCCCCC)[C@@H]2O)O[C@H](CO)[C@@H](OP(=O)(O)O)[C@@H]1OCC[C@@H](CCCCCCC)OC. The van der Waals surface area contributed by atoms with Crippen LogP contribution in [0.4, 0.5) is 0 Å². The molecule has 0 spiro atoms. The van der Waals surface area contributed by atoms with E-state index in [1.165, 1.54) is 103 Å². The molecule has 0 aliphatic carbocycles. The lowest BCUT2D eigenvalue weighted by Crippen LogP contribution is -2.66. The van der Waals surface area contributed by atoms with Crippen molar-refractivity contribution in [2.45, 2.75) is 358 Å². The van der Waals surface area contributed by atoms with E-state index >= 15 is 0 Å². The van der Waals surface area contributed by atoms with Crippen LogP contribution in [0.25, 0.3) is 0 Å². The lowest BCUT2D eigenvalue weighted by atomic mass is 9.96. The van der Waals surface area contributed by atoms with Crippen LogP contribution >= 0.6 is 15.6 Å². The zero-order valence-electron chi connectivity index (χ0n) is 54.7. The zero-order valence-corrected chi connectivity index (χ0v) is 56.5. The molecule has 2 heterocycles. The number of methoxy groups -OCH3 is 1. The number of nitrogens with one attached hydrogen (secondary N) is 1. The molecule has 2 aliphatic heterocycles. The number of carbonyl (C=O) groups is 2. The van der Waals surface area contributed by atoms with Crippen LogP contribution < -0.4 is 5.32 Å². The Bertz CT molecular complexity index is 1790. The molecule has 2 rings (SSSR count). The lowest BCUT2D eigenvalue weighted by molar-refractivity contribution is -0.321. The highest BCUT2D eigenvalue weighted by Crippen LogP contribution is 2.44. The first-order chi connectivity index (χ1) is 42.0. The monoisotopic (exact) mass is 1290 g/mol. The van der Waals surface area contributed by atoms with Gasteiger partial charge < -0.3 is 68.3 Å². The Labute approximate surface area is 525 Å². The van der Waals surface area contributed by atoms with Gasteiger partial charge >= 0.3 is 15.6 Å². The second-order valence-corrected chi connectivity index (χ2v) is 26.9. The summed E-state index contributed by atoms with van der Waals surface area (Å²) in [5, 5.41) is 25.6. The molecule has 2 fully saturated rings. The van der Waals surface area contributed by atoms with Crippen molar-refractivity contribution >= 4 is 27.3 Å². The number of allylic oxidation sites excluding steroid dienone is 1. The average molecular weight is 1290 g/mol. The molecule has 0 radical (unpaired) electrons. The number of hydrogen-bond acceptors (Lipinski definition) is 15. The smallest absolute Gasteiger partial charge is 0.472 e. The number of rotatable bonds is 59. The molecule has 11 atom stereocenters. The minimum atomic E-state index is -5.37. The Morgan fingerprint density at radius 3 is 1.47 bits per heavy atom. The zero-order chi connectivity index (χ0) is 63.8. The Hall–Kier alpha value is -1.42. The van der Waals surface area contributed by atoms with Crippen molar-refractivity contribution in [3.8, 4) is 0 Å². The van der Waals surface area contributed by atoms with Crippen LogP contribution in [0.5, 0.6) is 0 Å². The van der Waals surface area contributed by atoms with E-state index in [1.54, 1.807) is 7.11 Å². The van der Waals surface area contributed by atoms with E-state index in [-0.39, 0.29) is 31.5 Å². The molecule has 0 bridgehead atoms. The van der Waals surface area contributed by atoms with Gasteiger partial charge in [0.15, 0.2) is 18.7 Å². The number of aliphatic hydroxyl groups excluding tert-OH is 2. The molecule has 2 aliphatic rings. The molecule has 1 amide bonds. The van der Waals surface area contributed by atoms with Gasteiger partial charge in [-0.2, -0.15) is 0 Å².